The first-order valence-corrected chi connectivity index (χ1v) is 12.2. The van der Waals surface area contributed by atoms with Crippen LogP contribution in [0.4, 0.5) is 0 Å². The molecule has 0 radical (unpaired) electrons. The molecule has 1 aliphatic carbocycles. The number of imidazole rings is 1. The summed E-state index contributed by atoms with van der Waals surface area (Å²) >= 11 is 0. The molecule has 0 spiro atoms. The van der Waals surface area contributed by atoms with Gasteiger partial charge in [0, 0.05) is 12.2 Å². The lowest BCUT2D eigenvalue weighted by molar-refractivity contribution is 0.184. The van der Waals surface area contributed by atoms with Crippen molar-refractivity contribution in [3.63, 3.8) is 0 Å². The van der Waals surface area contributed by atoms with Crippen molar-refractivity contribution >= 4 is 0 Å². The Balaban J connectivity index is 1.64. The predicted octanol–water partition coefficient (Wildman–Crippen LogP) is 6.31. The van der Waals surface area contributed by atoms with E-state index in [2.05, 4.69) is 56.2 Å². The molecule has 4 nitrogen and oxygen atoms in total. The van der Waals surface area contributed by atoms with Gasteiger partial charge in [0.2, 0.25) is 0 Å². The standard InChI is InChI=1S/C26H40N4/c1-6-8-23-25(30(18-28-23)21-10-11-22(20(4)5)27-16-21)24-9-7-14-29(24)17-26(12-13-26)15-19(2)3/h10-11,16,18-20,24H,6-9,12-15,17H2,1-5H3. The highest BCUT2D eigenvalue weighted by atomic mass is 15.2. The van der Waals surface area contributed by atoms with Gasteiger partial charge in [-0.05, 0) is 74.5 Å². The molecule has 0 aromatic carbocycles. The van der Waals surface area contributed by atoms with Crippen LogP contribution >= 0.6 is 0 Å². The molecule has 1 aliphatic heterocycles. The summed E-state index contributed by atoms with van der Waals surface area (Å²) in [4.78, 5) is 12.4. The van der Waals surface area contributed by atoms with Crippen LogP contribution in [0.15, 0.2) is 24.7 Å². The molecule has 1 atom stereocenters. The van der Waals surface area contributed by atoms with Gasteiger partial charge in [-0.1, -0.05) is 41.0 Å². The number of aromatic nitrogens is 3. The van der Waals surface area contributed by atoms with E-state index in [0.717, 1.165) is 30.1 Å². The quantitative estimate of drug-likeness (QED) is 0.488. The van der Waals surface area contributed by atoms with Gasteiger partial charge in [-0.3, -0.25) is 14.5 Å². The van der Waals surface area contributed by atoms with Crippen LogP contribution in [0.1, 0.15) is 102 Å². The van der Waals surface area contributed by atoms with Gasteiger partial charge in [-0.2, -0.15) is 0 Å². The van der Waals surface area contributed by atoms with Gasteiger partial charge >= 0.3 is 0 Å². The highest BCUT2D eigenvalue weighted by Gasteiger charge is 2.46. The van der Waals surface area contributed by atoms with E-state index in [1.165, 1.54) is 56.6 Å². The maximum absolute atomic E-state index is 4.89. The number of hydrogen-bond donors (Lipinski definition) is 0. The number of hydrogen-bond acceptors (Lipinski definition) is 3. The molecule has 164 valence electrons. The van der Waals surface area contributed by atoms with Crippen LogP contribution in [-0.4, -0.2) is 32.5 Å². The van der Waals surface area contributed by atoms with E-state index < -0.39 is 0 Å². The van der Waals surface area contributed by atoms with Crippen LogP contribution in [0.2, 0.25) is 0 Å². The molecule has 30 heavy (non-hydrogen) atoms. The van der Waals surface area contributed by atoms with Crippen molar-refractivity contribution in [1.29, 1.82) is 0 Å². The zero-order chi connectivity index (χ0) is 21.3. The molecule has 0 amide bonds. The molecule has 1 saturated carbocycles. The van der Waals surface area contributed by atoms with Gasteiger partial charge in [0.05, 0.1) is 35.6 Å². The Bertz CT molecular complexity index is 829. The van der Waals surface area contributed by atoms with Gasteiger partial charge in [-0.25, -0.2) is 4.98 Å². The molecule has 4 rings (SSSR count). The molecule has 1 saturated heterocycles. The molecule has 2 aliphatic rings. The van der Waals surface area contributed by atoms with Crippen LogP contribution < -0.4 is 0 Å². The lowest BCUT2D eigenvalue weighted by Crippen LogP contribution is -2.32. The van der Waals surface area contributed by atoms with E-state index in [-0.39, 0.29) is 0 Å². The maximum atomic E-state index is 4.89. The SMILES string of the molecule is CCCc1ncn(-c2ccc(C(C)C)nc2)c1C1CCCN1CC1(CC(C)C)CC1. The third-order valence-corrected chi connectivity index (χ3v) is 7.03. The molecule has 2 aromatic heterocycles. The van der Waals surface area contributed by atoms with Crippen molar-refractivity contribution in [2.24, 2.45) is 11.3 Å². The third-order valence-electron chi connectivity index (χ3n) is 7.03. The van der Waals surface area contributed by atoms with Gasteiger partial charge in [0.15, 0.2) is 0 Å². The maximum Gasteiger partial charge on any atom is 0.0998 e. The Labute approximate surface area is 183 Å². The average Bonchev–Trinajstić information content (AvgIpc) is 3.10. The van der Waals surface area contributed by atoms with Gasteiger partial charge in [-0.15, -0.1) is 0 Å². The molecule has 4 heteroatoms. The van der Waals surface area contributed by atoms with Crippen LogP contribution in [0.3, 0.4) is 0 Å². The predicted molar refractivity (Wildman–Crippen MR) is 124 cm³/mol. The summed E-state index contributed by atoms with van der Waals surface area (Å²) in [5, 5.41) is 0. The van der Waals surface area contributed by atoms with Crippen molar-refractivity contribution in [1.82, 2.24) is 19.4 Å². The lowest BCUT2D eigenvalue weighted by Gasteiger charge is -2.31. The number of rotatable bonds is 9. The smallest absolute Gasteiger partial charge is 0.0998 e. The van der Waals surface area contributed by atoms with Crippen molar-refractivity contribution in [3.05, 3.63) is 41.7 Å². The fourth-order valence-corrected chi connectivity index (χ4v) is 5.49. The van der Waals surface area contributed by atoms with Gasteiger partial charge in [0.1, 0.15) is 0 Å². The summed E-state index contributed by atoms with van der Waals surface area (Å²) in [6.45, 7) is 13.9. The Morgan fingerprint density at radius 1 is 1.13 bits per heavy atom. The monoisotopic (exact) mass is 408 g/mol. The minimum Gasteiger partial charge on any atom is -0.300 e. The third kappa shape index (κ3) is 4.49. The van der Waals surface area contributed by atoms with E-state index in [1.54, 1.807) is 0 Å². The first-order valence-electron chi connectivity index (χ1n) is 12.2. The number of aryl methyl sites for hydroxylation is 1. The highest BCUT2D eigenvalue weighted by Crippen LogP contribution is 2.53. The van der Waals surface area contributed by atoms with E-state index in [1.807, 2.05) is 12.5 Å². The second-order valence-corrected chi connectivity index (χ2v) is 10.5. The topological polar surface area (TPSA) is 34.0 Å². The van der Waals surface area contributed by atoms with Crippen LogP contribution in [0.5, 0.6) is 0 Å². The van der Waals surface area contributed by atoms with E-state index in [0.29, 0.717) is 17.4 Å². The van der Waals surface area contributed by atoms with E-state index in [4.69, 9.17) is 9.97 Å². The summed E-state index contributed by atoms with van der Waals surface area (Å²) in [6.07, 6.45) is 13.0. The minimum atomic E-state index is 0.456. The Hall–Kier alpha value is -1.68. The Morgan fingerprint density at radius 2 is 1.93 bits per heavy atom. The normalized spacial score (nSPS) is 21.1. The first-order chi connectivity index (χ1) is 14.4. The average molecular weight is 409 g/mol. The molecule has 0 N–H and O–H groups in total. The molecule has 3 heterocycles. The Morgan fingerprint density at radius 3 is 2.53 bits per heavy atom. The second-order valence-electron chi connectivity index (χ2n) is 10.5. The number of likely N-dealkylation sites (tertiary alicyclic amines) is 1. The van der Waals surface area contributed by atoms with Crippen molar-refractivity contribution < 1.29 is 0 Å². The molecule has 1 unspecified atom stereocenters. The van der Waals surface area contributed by atoms with Crippen LogP contribution in [-0.2, 0) is 6.42 Å². The highest BCUT2D eigenvalue weighted by molar-refractivity contribution is 5.36. The summed E-state index contributed by atoms with van der Waals surface area (Å²) in [5.74, 6) is 1.25. The van der Waals surface area contributed by atoms with E-state index >= 15 is 0 Å². The summed E-state index contributed by atoms with van der Waals surface area (Å²) < 4.78 is 2.34. The summed E-state index contributed by atoms with van der Waals surface area (Å²) in [5.41, 5.74) is 5.60. The van der Waals surface area contributed by atoms with Gasteiger partial charge < -0.3 is 0 Å². The molecular weight excluding hydrogens is 368 g/mol. The molecule has 2 fully saturated rings. The molecule has 0 bridgehead atoms. The summed E-state index contributed by atoms with van der Waals surface area (Å²) in [6, 6.07) is 4.89. The largest absolute Gasteiger partial charge is 0.300 e. The zero-order valence-corrected chi connectivity index (χ0v) is 19.7. The molecular formula is C26H40N4. The second kappa shape index (κ2) is 8.82. The Kier molecular flexibility index (Phi) is 6.34. The van der Waals surface area contributed by atoms with Crippen molar-refractivity contribution in [2.75, 3.05) is 13.1 Å². The van der Waals surface area contributed by atoms with Crippen molar-refractivity contribution in [2.45, 2.75) is 91.5 Å². The zero-order valence-electron chi connectivity index (χ0n) is 19.7. The summed E-state index contributed by atoms with van der Waals surface area (Å²) in [7, 11) is 0. The van der Waals surface area contributed by atoms with E-state index in [9.17, 15) is 0 Å². The minimum absolute atomic E-state index is 0.456. The van der Waals surface area contributed by atoms with Crippen molar-refractivity contribution in [3.8, 4) is 5.69 Å². The number of nitrogens with zero attached hydrogens (tertiary/aromatic N) is 4. The molecule has 2 aromatic rings. The van der Waals surface area contributed by atoms with Crippen LogP contribution in [0.25, 0.3) is 5.69 Å². The van der Waals surface area contributed by atoms with Gasteiger partial charge in [0.25, 0.3) is 0 Å². The fraction of sp³-hybridized carbons (Fsp3) is 0.692. The fourth-order valence-electron chi connectivity index (χ4n) is 5.49. The van der Waals surface area contributed by atoms with Crippen LogP contribution in [0, 0.1) is 11.3 Å². The lowest BCUT2D eigenvalue weighted by atomic mass is 9.93. The first kappa shape index (κ1) is 21.5. The number of pyridine rings is 1.